The number of nitrogens with zero attached hydrogens (tertiary/aromatic N) is 2. The van der Waals surface area contributed by atoms with Gasteiger partial charge < -0.3 is 10.2 Å². The van der Waals surface area contributed by atoms with Crippen molar-refractivity contribution in [2.45, 2.75) is 38.0 Å². The Morgan fingerprint density at radius 2 is 1.81 bits per heavy atom. The van der Waals surface area contributed by atoms with E-state index in [0.717, 1.165) is 32.2 Å². The molecule has 4 nitrogen and oxygen atoms in total. The van der Waals surface area contributed by atoms with E-state index in [9.17, 15) is 22.4 Å². The summed E-state index contributed by atoms with van der Waals surface area (Å²) < 4.78 is 51.0. The van der Waals surface area contributed by atoms with E-state index in [1.54, 1.807) is 4.90 Å². The van der Waals surface area contributed by atoms with Crippen LogP contribution in [0.4, 0.5) is 17.6 Å². The lowest BCUT2D eigenvalue weighted by Crippen LogP contribution is -2.57. The standard InChI is InChI=1S/C16H25F4N3O.2ClH/c17-13(18)16(19,20)11-22-5-7-23(8-6-22)14(24)15-4-2-1-3-12(15)9-21-10-15;;/h12-13,21H,1-11H2;2*1H/t12-,15+;;/m0../s1. The number of carbonyl (C=O) groups excluding carboxylic acids is 1. The van der Waals surface area contributed by atoms with Gasteiger partial charge in [-0.05, 0) is 25.3 Å². The summed E-state index contributed by atoms with van der Waals surface area (Å²) >= 11 is 0. The molecular weight excluding hydrogens is 397 g/mol. The van der Waals surface area contributed by atoms with E-state index in [-0.39, 0.29) is 49.2 Å². The molecule has 26 heavy (non-hydrogen) atoms. The van der Waals surface area contributed by atoms with Gasteiger partial charge in [-0.3, -0.25) is 9.69 Å². The predicted octanol–water partition coefficient (Wildman–Crippen LogP) is 2.65. The molecule has 1 saturated carbocycles. The predicted molar refractivity (Wildman–Crippen MR) is 95.7 cm³/mol. The van der Waals surface area contributed by atoms with Crippen molar-refractivity contribution >= 4 is 30.7 Å². The zero-order valence-corrected chi connectivity index (χ0v) is 16.2. The molecule has 0 unspecified atom stereocenters. The summed E-state index contributed by atoms with van der Waals surface area (Å²) in [6, 6.07) is 0. The maximum absolute atomic E-state index is 13.2. The molecule has 3 rings (SSSR count). The van der Waals surface area contributed by atoms with Crippen molar-refractivity contribution < 1.29 is 22.4 Å². The average Bonchev–Trinajstić information content (AvgIpc) is 2.99. The summed E-state index contributed by atoms with van der Waals surface area (Å²) in [5.41, 5.74) is -0.340. The first-order valence-corrected chi connectivity index (χ1v) is 8.73. The first kappa shape index (κ1) is 23.7. The highest BCUT2D eigenvalue weighted by Crippen LogP contribution is 2.45. The van der Waals surface area contributed by atoms with E-state index >= 15 is 0 Å². The fourth-order valence-electron chi connectivity index (χ4n) is 4.46. The van der Waals surface area contributed by atoms with Crippen molar-refractivity contribution in [1.29, 1.82) is 0 Å². The van der Waals surface area contributed by atoms with E-state index in [1.165, 1.54) is 4.90 Å². The first-order chi connectivity index (χ1) is 11.3. The number of alkyl halides is 4. The van der Waals surface area contributed by atoms with Crippen molar-refractivity contribution in [3.63, 3.8) is 0 Å². The van der Waals surface area contributed by atoms with Crippen LogP contribution < -0.4 is 5.32 Å². The van der Waals surface area contributed by atoms with Crippen LogP contribution in [0.3, 0.4) is 0 Å². The molecule has 1 aliphatic carbocycles. The second-order valence-electron chi connectivity index (χ2n) is 7.36. The third kappa shape index (κ3) is 4.56. The summed E-state index contributed by atoms with van der Waals surface area (Å²) in [7, 11) is 0. The van der Waals surface area contributed by atoms with Crippen molar-refractivity contribution in [2.75, 3.05) is 45.8 Å². The number of nitrogens with one attached hydrogen (secondary N) is 1. The smallest absolute Gasteiger partial charge is 0.319 e. The van der Waals surface area contributed by atoms with Gasteiger partial charge in [-0.15, -0.1) is 24.8 Å². The third-order valence-corrected chi connectivity index (χ3v) is 5.88. The highest BCUT2D eigenvalue weighted by Gasteiger charge is 2.52. The zero-order chi connectivity index (χ0) is 17.4. The van der Waals surface area contributed by atoms with Gasteiger partial charge in [-0.25, -0.2) is 8.78 Å². The lowest BCUT2D eigenvalue weighted by Gasteiger charge is -2.44. The number of hydrogen-bond acceptors (Lipinski definition) is 3. The number of halogens is 6. The van der Waals surface area contributed by atoms with Gasteiger partial charge in [0.25, 0.3) is 0 Å². The molecule has 0 aromatic carbocycles. The summed E-state index contributed by atoms with van der Waals surface area (Å²) in [4.78, 5) is 16.1. The SMILES string of the molecule is Cl.Cl.O=C(N1CCN(CC(F)(F)C(F)F)CC1)[C@@]12CCCC[C@H]1CNC2. The fraction of sp³-hybridized carbons (Fsp3) is 0.938. The van der Waals surface area contributed by atoms with Crippen LogP contribution in [-0.4, -0.2) is 73.9 Å². The largest absolute Gasteiger partial charge is 0.340 e. The van der Waals surface area contributed by atoms with Crippen LogP contribution in [0.25, 0.3) is 0 Å². The number of rotatable bonds is 4. The van der Waals surface area contributed by atoms with Gasteiger partial charge in [-0.1, -0.05) is 12.8 Å². The number of piperazine rings is 1. The van der Waals surface area contributed by atoms with Crippen LogP contribution >= 0.6 is 24.8 Å². The van der Waals surface area contributed by atoms with Crippen LogP contribution in [0.5, 0.6) is 0 Å². The van der Waals surface area contributed by atoms with Crippen LogP contribution in [-0.2, 0) is 4.79 Å². The Labute approximate surface area is 163 Å². The van der Waals surface area contributed by atoms with Crippen molar-refractivity contribution in [1.82, 2.24) is 15.1 Å². The maximum Gasteiger partial charge on any atom is 0.319 e. The van der Waals surface area contributed by atoms with E-state index in [2.05, 4.69) is 5.32 Å². The van der Waals surface area contributed by atoms with E-state index < -0.39 is 18.9 Å². The molecule has 1 amide bonds. The molecule has 0 spiro atoms. The minimum atomic E-state index is -3.99. The number of carbonyl (C=O) groups is 1. The van der Waals surface area contributed by atoms with Crippen LogP contribution in [0.2, 0.25) is 0 Å². The Morgan fingerprint density at radius 1 is 1.15 bits per heavy atom. The number of fused-ring (bicyclic) bond motifs is 1. The molecule has 2 atom stereocenters. The fourth-order valence-corrected chi connectivity index (χ4v) is 4.46. The van der Waals surface area contributed by atoms with Gasteiger partial charge >= 0.3 is 12.3 Å². The molecule has 2 saturated heterocycles. The van der Waals surface area contributed by atoms with Crippen molar-refractivity contribution in [3.8, 4) is 0 Å². The topological polar surface area (TPSA) is 35.6 Å². The molecule has 0 aromatic heterocycles. The molecule has 1 N–H and O–H groups in total. The highest BCUT2D eigenvalue weighted by molar-refractivity contribution is 5.85. The Morgan fingerprint density at radius 3 is 2.42 bits per heavy atom. The zero-order valence-electron chi connectivity index (χ0n) is 14.6. The van der Waals surface area contributed by atoms with Gasteiger partial charge in [0.05, 0.1) is 12.0 Å². The van der Waals surface area contributed by atoms with Crippen LogP contribution in [0.1, 0.15) is 25.7 Å². The summed E-state index contributed by atoms with van der Waals surface area (Å²) in [6.45, 7) is 1.75. The Bertz CT molecular complexity index is 478. The van der Waals surface area contributed by atoms with Gasteiger partial charge in [0, 0.05) is 32.7 Å². The van der Waals surface area contributed by atoms with Crippen LogP contribution in [0.15, 0.2) is 0 Å². The Balaban J connectivity index is 0.00000169. The Kier molecular flexibility index (Phi) is 8.45. The lowest BCUT2D eigenvalue weighted by atomic mass is 9.67. The second-order valence-corrected chi connectivity index (χ2v) is 7.36. The minimum Gasteiger partial charge on any atom is -0.340 e. The average molecular weight is 424 g/mol. The second kappa shape index (κ2) is 9.26. The van der Waals surface area contributed by atoms with E-state index in [1.807, 2.05) is 0 Å². The number of hydrogen-bond donors (Lipinski definition) is 1. The molecule has 10 heteroatoms. The van der Waals surface area contributed by atoms with E-state index in [4.69, 9.17) is 0 Å². The molecule has 2 aliphatic heterocycles. The molecule has 2 heterocycles. The molecule has 0 radical (unpaired) electrons. The van der Waals surface area contributed by atoms with Gasteiger partial charge in [0.2, 0.25) is 5.91 Å². The van der Waals surface area contributed by atoms with Crippen molar-refractivity contribution in [3.05, 3.63) is 0 Å². The minimum absolute atomic E-state index is 0. The first-order valence-electron chi connectivity index (χ1n) is 8.73. The van der Waals surface area contributed by atoms with Gasteiger partial charge in [0.1, 0.15) is 0 Å². The maximum atomic E-state index is 13.2. The molecule has 154 valence electrons. The number of amides is 1. The van der Waals surface area contributed by atoms with Gasteiger partial charge in [-0.2, -0.15) is 8.78 Å². The van der Waals surface area contributed by atoms with Crippen LogP contribution in [0, 0.1) is 11.3 Å². The molecule has 3 aliphatic rings. The highest BCUT2D eigenvalue weighted by atomic mass is 35.5. The normalized spacial score (nSPS) is 29.7. The van der Waals surface area contributed by atoms with E-state index in [0.29, 0.717) is 25.6 Å². The molecule has 3 fully saturated rings. The quantitative estimate of drug-likeness (QED) is 0.706. The lowest BCUT2D eigenvalue weighted by molar-refractivity contribution is -0.154. The van der Waals surface area contributed by atoms with Gasteiger partial charge in [0.15, 0.2) is 0 Å². The summed E-state index contributed by atoms with van der Waals surface area (Å²) in [5, 5.41) is 3.34. The summed E-state index contributed by atoms with van der Waals surface area (Å²) in [6.07, 6.45) is 0.484. The summed E-state index contributed by atoms with van der Waals surface area (Å²) in [5.74, 6) is -3.51. The van der Waals surface area contributed by atoms with Crippen molar-refractivity contribution in [2.24, 2.45) is 11.3 Å². The third-order valence-electron chi connectivity index (χ3n) is 5.88. The molecule has 0 aromatic rings. The molecular formula is C16H27Cl2F4N3O. The molecule has 0 bridgehead atoms. The monoisotopic (exact) mass is 423 g/mol. The Hall–Kier alpha value is -0.310.